The molecular formula is C23H22O7. The maximum absolute atomic E-state index is 12.1. The molecule has 0 saturated carbocycles. The van der Waals surface area contributed by atoms with E-state index in [4.69, 9.17) is 19.3 Å². The molecule has 0 unspecified atom stereocenters. The third-order valence-electron chi connectivity index (χ3n) is 3.97. The zero-order valence-corrected chi connectivity index (χ0v) is 16.9. The first-order chi connectivity index (χ1) is 14.3. The minimum absolute atomic E-state index is 0.144. The lowest BCUT2D eigenvalue weighted by Crippen LogP contribution is -2.03. The molecule has 2 aromatic rings. The van der Waals surface area contributed by atoms with Crippen LogP contribution in [0.4, 0.5) is 0 Å². The Hall–Kier alpha value is -3.87. The molecule has 0 heterocycles. The summed E-state index contributed by atoms with van der Waals surface area (Å²) in [5.41, 5.74) is 1.96. The third kappa shape index (κ3) is 6.63. The minimum Gasteiger partial charge on any atom is -0.496 e. The molecule has 0 fully saturated rings. The lowest BCUT2D eigenvalue weighted by Gasteiger charge is -2.08. The SMILES string of the molecule is COc1cc(/C=C/C(=O)/C=C/c2ccc(OC(C)=O)c(OC)c2)ccc1CC(=O)O. The molecule has 1 N–H and O–H groups in total. The molecule has 0 radical (unpaired) electrons. The van der Waals surface area contributed by atoms with E-state index < -0.39 is 11.9 Å². The average Bonchev–Trinajstić information content (AvgIpc) is 2.71. The van der Waals surface area contributed by atoms with Crippen molar-refractivity contribution in [3.8, 4) is 17.2 Å². The Bertz CT molecular complexity index is 923. The Morgan fingerprint density at radius 3 is 1.97 bits per heavy atom. The summed E-state index contributed by atoms with van der Waals surface area (Å²) in [6.45, 7) is 1.30. The predicted molar refractivity (Wildman–Crippen MR) is 112 cm³/mol. The lowest BCUT2D eigenvalue weighted by molar-refractivity contribution is -0.136. The quantitative estimate of drug-likeness (QED) is 0.383. The maximum atomic E-state index is 12.1. The monoisotopic (exact) mass is 410 g/mol. The largest absolute Gasteiger partial charge is 0.496 e. The third-order valence-corrected chi connectivity index (χ3v) is 3.97. The number of ketones is 1. The van der Waals surface area contributed by atoms with Gasteiger partial charge in [-0.25, -0.2) is 0 Å². The summed E-state index contributed by atoms with van der Waals surface area (Å²) in [6.07, 6.45) is 5.88. The first-order valence-corrected chi connectivity index (χ1v) is 8.97. The van der Waals surface area contributed by atoms with Gasteiger partial charge in [-0.3, -0.25) is 14.4 Å². The van der Waals surface area contributed by atoms with Crippen molar-refractivity contribution in [3.05, 3.63) is 65.2 Å². The normalized spacial score (nSPS) is 10.9. The van der Waals surface area contributed by atoms with Gasteiger partial charge in [0.25, 0.3) is 0 Å². The molecule has 156 valence electrons. The number of hydrogen-bond donors (Lipinski definition) is 1. The Labute approximate surface area is 174 Å². The van der Waals surface area contributed by atoms with Crippen LogP contribution in [0.3, 0.4) is 0 Å². The number of benzene rings is 2. The number of carbonyl (C=O) groups is 3. The number of aliphatic carboxylic acids is 1. The molecule has 0 saturated heterocycles. The van der Waals surface area contributed by atoms with Crippen LogP contribution in [0.2, 0.25) is 0 Å². The predicted octanol–water partition coefficient (Wildman–Crippen LogP) is 3.55. The second-order valence-corrected chi connectivity index (χ2v) is 6.21. The minimum atomic E-state index is -0.950. The maximum Gasteiger partial charge on any atom is 0.308 e. The number of esters is 1. The number of hydrogen-bond acceptors (Lipinski definition) is 6. The highest BCUT2D eigenvalue weighted by Gasteiger charge is 2.08. The highest BCUT2D eigenvalue weighted by molar-refractivity contribution is 6.04. The second-order valence-electron chi connectivity index (χ2n) is 6.21. The zero-order valence-electron chi connectivity index (χ0n) is 16.9. The van der Waals surface area contributed by atoms with Crippen molar-refractivity contribution < 1.29 is 33.7 Å². The van der Waals surface area contributed by atoms with Crippen LogP contribution in [-0.2, 0) is 20.8 Å². The topological polar surface area (TPSA) is 99.1 Å². The van der Waals surface area contributed by atoms with Crippen molar-refractivity contribution in [3.63, 3.8) is 0 Å². The Kier molecular flexibility index (Phi) is 7.93. The van der Waals surface area contributed by atoms with E-state index in [-0.39, 0.29) is 12.2 Å². The number of ether oxygens (including phenoxy) is 3. The molecule has 2 rings (SSSR count). The van der Waals surface area contributed by atoms with Crippen LogP contribution >= 0.6 is 0 Å². The molecule has 0 aliphatic carbocycles. The van der Waals surface area contributed by atoms with E-state index in [9.17, 15) is 14.4 Å². The van der Waals surface area contributed by atoms with Crippen molar-refractivity contribution in [2.45, 2.75) is 13.3 Å². The average molecular weight is 410 g/mol. The van der Waals surface area contributed by atoms with Crippen LogP contribution in [0, 0.1) is 0 Å². The first-order valence-electron chi connectivity index (χ1n) is 8.97. The van der Waals surface area contributed by atoms with Gasteiger partial charge in [0.15, 0.2) is 17.3 Å². The highest BCUT2D eigenvalue weighted by atomic mass is 16.6. The number of rotatable bonds is 9. The molecule has 0 aromatic heterocycles. The molecule has 30 heavy (non-hydrogen) atoms. The summed E-state index contributed by atoms with van der Waals surface area (Å²) < 4.78 is 15.5. The summed E-state index contributed by atoms with van der Waals surface area (Å²) in [4.78, 5) is 34.1. The van der Waals surface area contributed by atoms with E-state index in [1.54, 1.807) is 48.6 Å². The van der Waals surface area contributed by atoms with E-state index in [1.165, 1.54) is 33.3 Å². The molecule has 0 spiro atoms. The van der Waals surface area contributed by atoms with Gasteiger partial charge in [0.1, 0.15) is 5.75 Å². The van der Waals surface area contributed by atoms with Crippen LogP contribution in [0.25, 0.3) is 12.2 Å². The summed E-state index contributed by atoms with van der Waals surface area (Å²) in [5.74, 6) is -0.523. The fourth-order valence-corrected chi connectivity index (χ4v) is 2.61. The van der Waals surface area contributed by atoms with Crippen LogP contribution in [0.5, 0.6) is 17.2 Å². The van der Waals surface area contributed by atoms with Gasteiger partial charge in [-0.05, 0) is 41.5 Å². The van der Waals surface area contributed by atoms with Crippen LogP contribution in [0.15, 0.2) is 48.6 Å². The second kappa shape index (κ2) is 10.6. The molecule has 0 aliphatic heterocycles. The van der Waals surface area contributed by atoms with Crippen molar-refractivity contribution in [1.82, 2.24) is 0 Å². The standard InChI is InChI=1S/C23H22O7/c1-15(24)30-20-11-7-17(13-22(20)29-3)6-10-19(25)9-5-16-4-8-18(14-23(26)27)21(12-16)28-2/h4-13H,14H2,1-3H3,(H,26,27)/b9-5+,10-6+. The van der Waals surface area contributed by atoms with E-state index in [1.807, 2.05) is 0 Å². The van der Waals surface area contributed by atoms with Gasteiger partial charge in [-0.2, -0.15) is 0 Å². The van der Waals surface area contributed by atoms with Gasteiger partial charge in [-0.1, -0.05) is 30.4 Å². The molecule has 7 nitrogen and oxygen atoms in total. The molecular weight excluding hydrogens is 388 g/mol. The molecule has 0 bridgehead atoms. The van der Waals surface area contributed by atoms with Crippen molar-refractivity contribution in [1.29, 1.82) is 0 Å². The lowest BCUT2D eigenvalue weighted by atomic mass is 10.1. The Morgan fingerprint density at radius 2 is 1.43 bits per heavy atom. The van der Waals surface area contributed by atoms with Gasteiger partial charge < -0.3 is 19.3 Å². The van der Waals surface area contributed by atoms with E-state index in [0.29, 0.717) is 33.9 Å². The summed E-state index contributed by atoms with van der Waals surface area (Å²) >= 11 is 0. The molecule has 2 aromatic carbocycles. The molecule has 7 heteroatoms. The van der Waals surface area contributed by atoms with Gasteiger partial charge in [0.05, 0.1) is 20.6 Å². The Balaban J connectivity index is 2.09. The van der Waals surface area contributed by atoms with Crippen LogP contribution in [-0.4, -0.2) is 37.0 Å². The molecule has 0 atom stereocenters. The smallest absolute Gasteiger partial charge is 0.308 e. The van der Waals surface area contributed by atoms with Crippen molar-refractivity contribution >= 4 is 29.9 Å². The van der Waals surface area contributed by atoms with E-state index in [2.05, 4.69) is 0 Å². The van der Waals surface area contributed by atoms with Gasteiger partial charge >= 0.3 is 11.9 Å². The number of carboxylic acids is 1. The fraction of sp³-hybridized carbons (Fsp3) is 0.174. The number of carboxylic acid groups (broad SMARTS) is 1. The Morgan fingerprint density at radius 1 is 0.867 bits per heavy atom. The van der Waals surface area contributed by atoms with Gasteiger partial charge in [0.2, 0.25) is 0 Å². The van der Waals surface area contributed by atoms with Gasteiger partial charge in [0, 0.05) is 12.5 Å². The summed E-state index contributed by atoms with van der Waals surface area (Å²) in [6, 6.07) is 9.98. The van der Waals surface area contributed by atoms with Gasteiger partial charge in [-0.15, -0.1) is 0 Å². The van der Waals surface area contributed by atoms with Crippen LogP contribution in [0.1, 0.15) is 23.6 Å². The molecule has 0 aliphatic rings. The summed E-state index contributed by atoms with van der Waals surface area (Å²) in [5, 5.41) is 8.92. The highest BCUT2D eigenvalue weighted by Crippen LogP contribution is 2.28. The van der Waals surface area contributed by atoms with E-state index >= 15 is 0 Å². The zero-order chi connectivity index (χ0) is 22.1. The fourth-order valence-electron chi connectivity index (χ4n) is 2.61. The number of methoxy groups -OCH3 is 2. The van der Waals surface area contributed by atoms with E-state index in [0.717, 1.165) is 0 Å². The molecule has 0 amide bonds. The van der Waals surface area contributed by atoms with Crippen LogP contribution < -0.4 is 14.2 Å². The number of carbonyl (C=O) groups excluding carboxylic acids is 2. The van der Waals surface area contributed by atoms with Crippen molar-refractivity contribution in [2.75, 3.05) is 14.2 Å². The summed E-state index contributed by atoms with van der Waals surface area (Å²) in [7, 11) is 2.92. The number of allylic oxidation sites excluding steroid dienone is 2. The van der Waals surface area contributed by atoms with Crippen molar-refractivity contribution in [2.24, 2.45) is 0 Å². The first kappa shape index (κ1) is 22.4.